The van der Waals surface area contributed by atoms with Crippen LogP contribution in [0.15, 0.2) is 65.1 Å². The number of ketones is 1. The number of thiophene rings is 1. The van der Waals surface area contributed by atoms with Crippen molar-refractivity contribution in [3.63, 3.8) is 0 Å². The Hall–Kier alpha value is -2.70. The Kier molecular flexibility index (Phi) is 5.50. The van der Waals surface area contributed by atoms with Crippen molar-refractivity contribution in [2.75, 3.05) is 5.75 Å². The van der Waals surface area contributed by atoms with Crippen molar-refractivity contribution in [3.8, 4) is 0 Å². The highest BCUT2D eigenvalue weighted by Gasteiger charge is 2.22. The van der Waals surface area contributed by atoms with Crippen LogP contribution in [0.25, 0.3) is 21.0 Å². The number of rotatable bonds is 6. The standard InChI is InChI=1S/C25H22N2O2S2/c1-2-13-27-24(29)22-19-9-5-6-10-21(19)31-23(22)26-25(27)30-15-20(28)18-12-11-16-7-3-4-8-17(16)14-18/h2-4,7-8,11-12,14H,1,5-6,9-10,13,15H2. The van der Waals surface area contributed by atoms with Crippen molar-refractivity contribution in [1.82, 2.24) is 9.55 Å². The summed E-state index contributed by atoms with van der Waals surface area (Å²) in [5.41, 5.74) is 1.85. The fourth-order valence-electron chi connectivity index (χ4n) is 4.20. The van der Waals surface area contributed by atoms with E-state index in [9.17, 15) is 9.59 Å². The number of fused-ring (bicyclic) bond motifs is 4. The van der Waals surface area contributed by atoms with Gasteiger partial charge in [0.15, 0.2) is 10.9 Å². The number of benzene rings is 2. The minimum absolute atomic E-state index is 0.00930. The third-order valence-electron chi connectivity index (χ3n) is 5.76. The Labute approximate surface area is 188 Å². The van der Waals surface area contributed by atoms with Crippen LogP contribution in [-0.4, -0.2) is 21.1 Å². The number of thioether (sulfide) groups is 1. The summed E-state index contributed by atoms with van der Waals surface area (Å²) in [7, 11) is 0. The molecule has 0 saturated heterocycles. The quantitative estimate of drug-likeness (QED) is 0.166. The smallest absolute Gasteiger partial charge is 0.263 e. The summed E-state index contributed by atoms with van der Waals surface area (Å²) in [4.78, 5) is 33.1. The molecule has 0 aliphatic heterocycles. The molecule has 2 aromatic carbocycles. The maximum absolute atomic E-state index is 13.3. The Morgan fingerprint density at radius 2 is 1.97 bits per heavy atom. The van der Waals surface area contributed by atoms with Gasteiger partial charge >= 0.3 is 0 Å². The van der Waals surface area contributed by atoms with E-state index >= 15 is 0 Å². The minimum Gasteiger partial charge on any atom is -0.293 e. The predicted molar refractivity (Wildman–Crippen MR) is 130 cm³/mol. The molecule has 0 amide bonds. The first-order chi connectivity index (χ1) is 15.2. The van der Waals surface area contributed by atoms with Crippen LogP contribution in [0, 0.1) is 0 Å². The molecular formula is C25H22N2O2S2. The van der Waals surface area contributed by atoms with Crippen LogP contribution in [-0.2, 0) is 19.4 Å². The zero-order valence-electron chi connectivity index (χ0n) is 17.1. The van der Waals surface area contributed by atoms with E-state index in [2.05, 4.69) is 6.58 Å². The van der Waals surface area contributed by atoms with Gasteiger partial charge in [0.25, 0.3) is 5.56 Å². The molecule has 2 aromatic heterocycles. The Bertz CT molecular complexity index is 1380. The minimum atomic E-state index is -0.00930. The van der Waals surface area contributed by atoms with Gasteiger partial charge in [0.1, 0.15) is 4.83 Å². The van der Waals surface area contributed by atoms with Gasteiger partial charge in [0.05, 0.1) is 11.1 Å². The van der Waals surface area contributed by atoms with Gasteiger partial charge in [0.2, 0.25) is 0 Å². The third kappa shape index (κ3) is 3.75. The SMILES string of the molecule is C=CCn1c(SCC(=O)c2ccc3ccccc3c2)nc2sc3c(c2c1=O)CCCC3. The lowest BCUT2D eigenvalue weighted by Gasteiger charge is -2.12. The van der Waals surface area contributed by atoms with Gasteiger partial charge in [-0.1, -0.05) is 54.2 Å². The zero-order valence-corrected chi connectivity index (χ0v) is 18.7. The van der Waals surface area contributed by atoms with Crippen LogP contribution in [0.2, 0.25) is 0 Å². The second kappa shape index (κ2) is 8.44. The van der Waals surface area contributed by atoms with E-state index in [1.54, 1.807) is 22.0 Å². The molecule has 0 unspecified atom stereocenters. The van der Waals surface area contributed by atoms with Crippen molar-refractivity contribution in [2.24, 2.45) is 0 Å². The largest absolute Gasteiger partial charge is 0.293 e. The van der Waals surface area contributed by atoms with E-state index in [1.807, 2.05) is 42.5 Å². The number of carbonyl (C=O) groups excluding carboxylic acids is 1. The molecule has 156 valence electrons. The summed E-state index contributed by atoms with van der Waals surface area (Å²) >= 11 is 2.97. The van der Waals surface area contributed by atoms with Crippen molar-refractivity contribution in [2.45, 2.75) is 37.4 Å². The molecule has 5 rings (SSSR count). The fraction of sp³-hybridized carbons (Fsp3) is 0.240. The fourth-order valence-corrected chi connectivity index (χ4v) is 6.40. The molecule has 0 N–H and O–H groups in total. The molecule has 1 aliphatic rings. The van der Waals surface area contributed by atoms with Gasteiger partial charge < -0.3 is 0 Å². The second-order valence-electron chi connectivity index (χ2n) is 7.76. The predicted octanol–water partition coefficient (Wildman–Crippen LogP) is 5.65. The van der Waals surface area contributed by atoms with Gasteiger partial charge in [-0.2, -0.15) is 0 Å². The van der Waals surface area contributed by atoms with Crippen LogP contribution in [0.3, 0.4) is 0 Å². The van der Waals surface area contributed by atoms with E-state index in [1.165, 1.54) is 28.6 Å². The van der Waals surface area contributed by atoms with Crippen LogP contribution >= 0.6 is 23.1 Å². The second-order valence-corrected chi connectivity index (χ2v) is 9.79. The number of hydrogen-bond acceptors (Lipinski definition) is 5. The highest BCUT2D eigenvalue weighted by Crippen LogP contribution is 2.34. The molecule has 4 nitrogen and oxygen atoms in total. The van der Waals surface area contributed by atoms with Gasteiger partial charge in [-0.05, 0) is 48.1 Å². The summed E-state index contributed by atoms with van der Waals surface area (Å²) in [6.45, 7) is 4.19. The molecule has 31 heavy (non-hydrogen) atoms. The number of carbonyl (C=O) groups is 1. The molecule has 0 fully saturated rings. The maximum Gasteiger partial charge on any atom is 0.263 e. The molecule has 0 radical (unpaired) electrons. The highest BCUT2D eigenvalue weighted by molar-refractivity contribution is 7.99. The van der Waals surface area contributed by atoms with Gasteiger partial charge in [-0.25, -0.2) is 4.98 Å². The Morgan fingerprint density at radius 3 is 2.81 bits per heavy atom. The van der Waals surface area contributed by atoms with Gasteiger partial charge in [0, 0.05) is 17.0 Å². The van der Waals surface area contributed by atoms with Gasteiger partial charge in [-0.15, -0.1) is 17.9 Å². The van der Waals surface area contributed by atoms with E-state index < -0.39 is 0 Å². The van der Waals surface area contributed by atoms with Crippen molar-refractivity contribution in [3.05, 3.63) is 81.5 Å². The first-order valence-electron chi connectivity index (χ1n) is 10.5. The Balaban J connectivity index is 1.47. The summed E-state index contributed by atoms with van der Waals surface area (Å²) in [6, 6.07) is 13.8. The van der Waals surface area contributed by atoms with E-state index in [0.29, 0.717) is 17.3 Å². The van der Waals surface area contributed by atoms with Crippen molar-refractivity contribution in [1.29, 1.82) is 0 Å². The average Bonchev–Trinajstić information content (AvgIpc) is 3.18. The molecule has 4 aromatic rings. The summed E-state index contributed by atoms with van der Waals surface area (Å²) in [5.74, 6) is 0.263. The average molecular weight is 447 g/mol. The van der Waals surface area contributed by atoms with Crippen LogP contribution in [0.4, 0.5) is 0 Å². The lowest BCUT2D eigenvalue weighted by atomic mass is 9.97. The third-order valence-corrected chi connectivity index (χ3v) is 7.92. The molecule has 6 heteroatoms. The first-order valence-corrected chi connectivity index (χ1v) is 12.3. The number of hydrogen-bond donors (Lipinski definition) is 0. The van der Waals surface area contributed by atoms with Crippen LogP contribution < -0.4 is 5.56 Å². The lowest BCUT2D eigenvalue weighted by molar-refractivity contribution is 0.102. The topological polar surface area (TPSA) is 52.0 Å². The normalized spacial score (nSPS) is 13.4. The number of aromatic nitrogens is 2. The molecule has 2 heterocycles. The van der Waals surface area contributed by atoms with Gasteiger partial charge in [-0.3, -0.25) is 14.2 Å². The first kappa shape index (κ1) is 20.2. The van der Waals surface area contributed by atoms with Crippen molar-refractivity contribution < 1.29 is 4.79 Å². The zero-order chi connectivity index (χ0) is 21.4. The number of Topliss-reactive ketones (excluding diaryl/α,β-unsaturated/α-hetero) is 1. The van der Waals surface area contributed by atoms with Crippen molar-refractivity contribution >= 4 is 49.9 Å². The maximum atomic E-state index is 13.3. The molecular weight excluding hydrogens is 424 g/mol. The highest BCUT2D eigenvalue weighted by atomic mass is 32.2. The molecule has 0 atom stereocenters. The molecule has 0 saturated carbocycles. The van der Waals surface area contributed by atoms with E-state index in [-0.39, 0.29) is 17.1 Å². The summed E-state index contributed by atoms with van der Waals surface area (Å²) in [6.07, 6.45) is 5.98. The number of allylic oxidation sites excluding steroid dienone is 1. The summed E-state index contributed by atoms with van der Waals surface area (Å²) < 4.78 is 1.66. The monoisotopic (exact) mass is 446 g/mol. The number of nitrogens with zero attached hydrogens (tertiary/aromatic N) is 2. The lowest BCUT2D eigenvalue weighted by Crippen LogP contribution is -2.23. The molecule has 0 spiro atoms. The molecule has 1 aliphatic carbocycles. The van der Waals surface area contributed by atoms with E-state index in [0.717, 1.165) is 40.3 Å². The number of aryl methyl sites for hydroxylation is 2. The summed E-state index contributed by atoms with van der Waals surface area (Å²) in [5, 5.41) is 3.52. The Morgan fingerprint density at radius 1 is 1.16 bits per heavy atom. The van der Waals surface area contributed by atoms with Crippen LogP contribution in [0.5, 0.6) is 0 Å². The van der Waals surface area contributed by atoms with E-state index in [4.69, 9.17) is 4.98 Å². The molecule has 0 bridgehead atoms. The van der Waals surface area contributed by atoms with Crippen LogP contribution in [0.1, 0.15) is 33.6 Å².